The summed E-state index contributed by atoms with van der Waals surface area (Å²) in [4.78, 5) is 25.2. The van der Waals surface area contributed by atoms with E-state index in [0.29, 0.717) is 30.9 Å². The Labute approximate surface area is 137 Å². The van der Waals surface area contributed by atoms with Crippen molar-refractivity contribution in [2.24, 2.45) is 11.8 Å². The molecule has 23 heavy (non-hydrogen) atoms. The molecule has 1 fully saturated rings. The molecule has 0 bridgehead atoms. The Balaban J connectivity index is 1.90. The summed E-state index contributed by atoms with van der Waals surface area (Å²) in [6, 6.07) is 7.49. The van der Waals surface area contributed by atoms with Gasteiger partial charge in [0.1, 0.15) is 0 Å². The lowest BCUT2D eigenvalue weighted by atomic mass is 9.96. The lowest BCUT2D eigenvalue weighted by Gasteiger charge is -2.30. The molecule has 1 aliphatic heterocycles. The van der Waals surface area contributed by atoms with E-state index in [2.05, 4.69) is 4.90 Å². The Bertz CT molecular complexity index is 548. The molecule has 2 rings (SSSR count). The average molecular weight is 319 g/mol. The monoisotopic (exact) mass is 319 g/mol. The Morgan fingerprint density at radius 2 is 2.00 bits per heavy atom. The standard InChI is InChI=1S/C18H25NO4/c1-13(2)12-23-18(22)16-5-3-4-14(10-16)11-19-8-6-15(7-9-19)17(20)21/h3-5,10,13,15H,6-9,11-12H2,1-2H3,(H,20,21). The fraction of sp³-hybridized carbons (Fsp3) is 0.556. The van der Waals surface area contributed by atoms with E-state index in [-0.39, 0.29) is 11.9 Å². The first-order valence-electron chi connectivity index (χ1n) is 8.17. The van der Waals surface area contributed by atoms with Crippen LogP contribution in [-0.4, -0.2) is 41.6 Å². The number of piperidine rings is 1. The Morgan fingerprint density at radius 1 is 1.30 bits per heavy atom. The van der Waals surface area contributed by atoms with Crippen LogP contribution >= 0.6 is 0 Å². The summed E-state index contributed by atoms with van der Waals surface area (Å²) in [5, 5.41) is 9.03. The van der Waals surface area contributed by atoms with Gasteiger partial charge in [-0.3, -0.25) is 9.69 Å². The molecule has 0 aliphatic carbocycles. The first-order chi connectivity index (χ1) is 11.0. The summed E-state index contributed by atoms with van der Waals surface area (Å²) < 4.78 is 5.26. The number of carbonyl (C=O) groups is 2. The second-order valence-electron chi connectivity index (χ2n) is 6.58. The first-order valence-corrected chi connectivity index (χ1v) is 8.17. The summed E-state index contributed by atoms with van der Waals surface area (Å²) in [7, 11) is 0. The van der Waals surface area contributed by atoms with Gasteiger partial charge in [0.2, 0.25) is 0 Å². The smallest absolute Gasteiger partial charge is 0.338 e. The van der Waals surface area contributed by atoms with Crippen molar-refractivity contribution in [2.45, 2.75) is 33.2 Å². The number of carboxylic acids is 1. The number of benzene rings is 1. The fourth-order valence-electron chi connectivity index (χ4n) is 2.72. The van der Waals surface area contributed by atoms with Crippen LogP contribution in [0.15, 0.2) is 24.3 Å². The van der Waals surface area contributed by atoms with E-state index >= 15 is 0 Å². The number of rotatable bonds is 6. The molecule has 0 saturated carbocycles. The van der Waals surface area contributed by atoms with E-state index in [1.54, 1.807) is 6.07 Å². The molecule has 1 saturated heterocycles. The van der Waals surface area contributed by atoms with Crippen LogP contribution in [0.25, 0.3) is 0 Å². The lowest BCUT2D eigenvalue weighted by molar-refractivity contribution is -0.143. The lowest BCUT2D eigenvalue weighted by Crippen LogP contribution is -2.35. The van der Waals surface area contributed by atoms with E-state index in [9.17, 15) is 9.59 Å². The highest BCUT2D eigenvalue weighted by molar-refractivity contribution is 5.89. The maximum absolute atomic E-state index is 12.0. The predicted molar refractivity (Wildman–Crippen MR) is 87.2 cm³/mol. The highest BCUT2D eigenvalue weighted by Gasteiger charge is 2.24. The molecule has 126 valence electrons. The quantitative estimate of drug-likeness (QED) is 0.817. The molecule has 1 aromatic carbocycles. The van der Waals surface area contributed by atoms with Crippen LogP contribution in [-0.2, 0) is 16.1 Å². The molecule has 0 unspecified atom stereocenters. The van der Waals surface area contributed by atoms with Crippen LogP contribution < -0.4 is 0 Å². The highest BCUT2D eigenvalue weighted by atomic mass is 16.5. The van der Waals surface area contributed by atoms with Crippen molar-refractivity contribution in [3.63, 3.8) is 0 Å². The zero-order valence-corrected chi connectivity index (χ0v) is 13.8. The molecule has 0 aromatic heterocycles. The third-order valence-electron chi connectivity index (χ3n) is 4.05. The van der Waals surface area contributed by atoms with Crippen molar-refractivity contribution < 1.29 is 19.4 Å². The SMILES string of the molecule is CC(C)COC(=O)c1cccc(CN2CCC(C(=O)O)CC2)c1. The minimum Gasteiger partial charge on any atom is -0.481 e. The molecule has 5 nitrogen and oxygen atoms in total. The molecule has 1 aliphatic rings. The second-order valence-corrected chi connectivity index (χ2v) is 6.58. The molecule has 0 amide bonds. The van der Waals surface area contributed by atoms with Crippen molar-refractivity contribution >= 4 is 11.9 Å². The average Bonchev–Trinajstić information content (AvgIpc) is 2.53. The van der Waals surface area contributed by atoms with Gasteiger partial charge in [0.05, 0.1) is 18.1 Å². The molecule has 5 heteroatoms. The third-order valence-corrected chi connectivity index (χ3v) is 4.05. The first kappa shape index (κ1) is 17.5. The van der Waals surface area contributed by atoms with Crippen LogP contribution in [0.3, 0.4) is 0 Å². The number of carboxylic acid groups (broad SMARTS) is 1. The van der Waals surface area contributed by atoms with Crippen molar-refractivity contribution in [3.8, 4) is 0 Å². The number of esters is 1. The van der Waals surface area contributed by atoms with Crippen LogP contribution in [0.2, 0.25) is 0 Å². The van der Waals surface area contributed by atoms with Gasteiger partial charge in [0.15, 0.2) is 0 Å². The van der Waals surface area contributed by atoms with Crippen molar-refractivity contribution in [2.75, 3.05) is 19.7 Å². The molecule has 0 atom stereocenters. The Morgan fingerprint density at radius 3 is 2.61 bits per heavy atom. The molecule has 0 radical (unpaired) electrons. The van der Waals surface area contributed by atoms with E-state index in [1.165, 1.54) is 0 Å². The Hall–Kier alpha value is -1.88. The van der Waals surface area contributed by atoms with Crippen molar-refractivity contribution in [1.29, 1.82) is 0 Å². The maximum Gasteiger partial charge on any atom is 0.338 e. The van der Waals surface area contributed by atoms with Crippen LogP contribution in [0.5, 0.6) is 0 Å². The van der Waals surface area contributed by atoms with Crippen LogP contribution in [0, 0.1) is 11.8 Å². The number of hydrogen-bond acceptors (Lipinski definition) is 4. The maximum atomic E-state index is 12.0. The van der Waals surface area contributed by atoms with Gasteiger partial charge in [-0.05, 0) is 49.5 Å². The molecule has 0 spiro atoms. The molecular weight excluding hydrogens is 294 g/mol. The second kappa shape index (κ2) is 8.11. The van der Waals surface area contributed by atoms with E-state index in [0.717, 1.165) is 25.2 Å². The van der Waals surface area contributed by atoms with Crippen LogP contribution in [0.4, 0.5) is 0 Å². The predicted octanol–water partition coefficient (Wildman–Crippen LogP) is 2.80. The molecular formula is C18H25NO4. The fourth-order valence-corrected chi connectivity index (χ4v) is 2.72. The zero-order valence-electron chi connectivity index (χ0n) is 13.8. The topological polar surface area (TPSA) is 66.8 Å². The van der Waals surface area contributed by atoms with Crippen molar-refractivity contribution in [3.05, 3.63) is 35.4 Å². The van der Waals surface area contributed by atoms with Crippen molar-refractivity contribution in [1.82, 2.24) is 4.90 Å². The Kier molecular flexibility index (Phi) is 6.16. The van der Waals surface area contributed by atoms with Gasteiger partial charge in [-0.25, -0.2) is 4.79 Å². The number of ether oxygens (including phenoxy) is 1. The number of hydrogen-bond donors (Lipinski definition) is 1. The van der Waals surface area contributed by atoms with Gasteiger partial charge in [-0.15, -0.1) is 0 Å². The largest absolute Gasteiger partial charge is 0.481 e. The number of carbonyl (C=O) groups excluding carboxylic acids is 1. The summed E-state index contributed by atoms with van der Waals surface area (Å²) >= 11 is 0. The zero-order chi connectivity index (χ0) is 16.8. The van der Waals surface area contributed by atoms with Gasteiger partial charge < -0.3 is 9.84 Å². The highest BCUT2D eigenvalue weighted by Crippen LogP contribution is 2.19. The number of likely N-dealkylation sites (tertiary alicyclic amines) is 1. The normalized spacial score (nSPS) is 16.5. The van der Waals surface area contributed by atoms with Gasteiger partial charge >= 0.3 is 11.9 Å². The number of aliphatic carboxylic acids is 1. The van der Waals surface area contributed by atoms with E-state index in [4.69, 9.17) is 9.84 Å². The molecule has 1 heterocycles. The van der Waals surface area contributed by atoms with E-state index in [1.807, 2.05) is 32.0 Å². The summed E-state index contributed by atoms with van der Waals surface area (Å²) in [5.41, 5.74) is 1.63. The van der Waals surface area contributed by atoms with Crippen LogP contribution in [0.1, 0.15) is 42.6 Å². The van der Waals surface area contributed by atoms with Gasteiger partial charge in [-0.1, -0.05) is 26.0 Å². The summed E-state index contributed by atoms with van der Waals surface area (Å²) in [6.07, 6.45) is 1.37. The summed E-state index contributed by atoms with van der Waals surface area (Å²) in [6.45, 7) is 6.72. The van der Waals surface area contributed by atoms with Gasteiger partial charge in [0, 0.05) is 6.54 Å². The van der Waals surface area contributed by atoms with Gasteiger partial charge in [-0.2, -0.15) is 0 Å². The minimum atomic E-state index is -0.695. The summed E-state index contributed by atoms with van der Waals surface area (Å²) in [5.74, 6) is -0.883. The molecule has 1 N–H and O–H groups in total. The number of nitrogens with zero attached hydrogens (tertiary/aromatic N) is 1. The molecule has 1 aromatic rings. The third kappa shape index (κ3) is 5.36. The minimum absolute atomic E-state index is 0.219. The van der Waals surface area contributed by atoms with Gasteiger partial charge in [0.25, 0.3) is 0 Å². The van der Waals surface area contributed by atoms with E-state index < -0.39 is 5.97 Å².